The molecule has 0 bridgehead atoms. The summed E-state index contributed by atoms with van der Waals surface area (Å²) in [4.78, 5) is 24.2. The Kier molecular flexibility index (Phi) is 6.44. The molecule has 0 radical (unpaired) electrons. The molecule has 0 saturated heterocycles. The van der Waals surface area contributed by atoms with Gasteiger partial charge in [-0.25, -0.2) is 14.3 Å². The second-order valence-electron chi connectivity index (χ2n) is 6.88. The van der Waals surface area contributed by atoms with Crippen LogP contribution in [-0.4, -0.2) is 25.4 Å². The first-order valence-corrected chi connectivity index (χ1v) is 9.74. The van der Waals surface area contributed by atoms with Gasteiger partial charge >= 0.3 is 11.7 Å². The van der Waals surface area contributed by atoms with Crippen LogP contribution in [0, 0.1) is 0 Å². The molecule has 0 spiro atoms. The van der Waals surface area contributed by atoms with Crippen molar-refractivity contribution in [2.75, 3.05) is 0 Å². The average Bonchev–Trinajstić information content (AvgIpc) is 3.02. The number of hydrogen-bond donors (Lipinski definition) is 1. The molecular weight excluding hydrogens is 366 g/mol. The minimum Gasteiger partial charge on any atom is -0.478 e. The zero-order valence-electron chi connectivity index (χ0n) is 16.5. The van der Waals surface area contributed by atoms with E-state index >= 15 is 0 Å². The number of aromatic nitrogens is 3. The highest BCUT2D eigenvalue weighted by Gasteiger charge is 2.14. The second-order valence-corrected chi connectivity index (χ2v) is 6.88. The molecule has 3 aromatic rings. The molecule has 0 aliphatic carbocycles. The third-order valence-corrected chi connectivity index (χ3v) is 4.77. The highest BCUT2D eigenvalue weighted by molar-refractivity contribution is 5.95. The predicted octanol–water partition coefficient (Wildman–Crippen LogP) is 3.99. The monoisotopic (exact) mass is 391 g/mol. The Morgan fingerprint density at radius 1 is 1.17 bits per heavy atom. The lowest BCUT2D eigenvalue weighted by Gasteiger charge is -2.09. The first-order chi connectivity index (χ1) is 14.0. The number of rotatable bonds is 9. The van der Waals surface area contributed by atoms with Crippen LogP contribution in [0.2, 0.25) is 0 Å². The number of carboxylic acids is 1. The largest absolute Gasteiger partial charge is 0.478 e. The third-order valence-electron chi connectivity index (χ3n) is 4.77. The summed E-state index contributed by atoms with van der Waals surface area (Å²) in [6.45, 7) is 6.79. The van der Waals surface area contributed by atoms with E-state index in [1.54, 1.807) is 22.8 Å². The Bertz CT molecular complexity index is 1060. The van der Waals surface area contributed by atoms with Gasteiger partial charge in [-0.15, -0.1) is 6.58 Å². The summed E-state index contributed by atoms with van der Waals surface area (Å²) in [5.74, 6) is -0.199. The van der Waals surface area contributed by atoms with Gasteiger partial charge < -0.3 is 5.11 Å². The van der Waals surface area contributed by atoms with Gasteiger partial charge in [-0.3, -0.25) is 4.57 Å². The lowest BCUT2D eigenvalue weighted by molar-refractivity contribution is 0.0697. The summed E-state index contributed by atoms with van der Waals surface area (Å²) in [5, 5.41) is 13.9. The Morgan fingerprint density at radius 2 is 1.90 bits per heavy atom. The van der Waals surface area contributed by atoms with E-state index in [1.807, 2.05) is 43.3 Å². The first-order valence-electron chi connectivity index (χ1n) is 9.74. The molecule has 2 aromatic carbocycles. The summed E-state index contributed by atoms with van der Waals surface area (Å²) < 4.78 is 3.23. The molecule has 0 aliphatic heterocycles. The van der Waals surface area contributed by atoms with Crippen LogP contribution >= 0.6 is 0 Å². The van der Waals surface area contributed by atoms with E-state index < -0.39 is 5.97 Å². The molecule has 0 fully saturated rings. The maximum atomic E-state index is 12.7. The van der Waals surface area contributed by atoms with Crippen molar-refractivity contribution in [3.05, 3.63) is 88.6 Å². The fourth-order valence-electron chi connectivity index (χ4n) is 3.31. The molecule has 0 unspecified atom stereocenters. The maximum Gasteiger partial charge on any atom is 0.346 e. The van der Waals surface area contributed by atoms with Crippen LogP contribution in [0.25, 0.3) is 11.1 Å². The van der Waals surface area contributed by atoms with E-state index in [-0.39, 0.29) is 11.3 Å². The third kappa shape index (κ3) is 4.54. The lowest BCUT2D eigenvalue weighted by atomic mass is 9.99. The second kappa shape index (κ2) is 9.19. The van der Waals surface area contributed by atoms with Crippen molar-refractivity contribution in [1.29, 1.82) is 0 Å². The Labute approximate surface area is 169 Å². The van der Waals surface area contributed by atoms with Gasteiger partial charge in [0.15, 0.2) is 0 Å². The van der Waals surface area contributed by atoms with Crippen LogP contribution in [0.4, 0.5) is 0 Å². The van der Waals surface area contributed by atoms with Crippen molar-refractivity contribution in [3.63, 3.8) is 0 Å². The summed E-state index contributed by atoms with van der Waals surface area (Å²) in [6, 6.07) is 14.6. The molecule has 0 amide bonds. The smallest absolute Gasteiger partial charge is 0.346 e. The van der Waals surface area contributed by atoms with Gasteiger partial charge in [-0.1, -0.05) is 55.5 Å². The lowest BCUT2D eigenvalue weighted by Crippen LogP contribution is -2.26. The summed E-state index contributed by atoms with van der Waals surface area (Å²) in [5.41, 5.74) is 2.62. The van der Waals surface area contributed by atoms with Gasteiger partial charge in [0.25, 0.3) is 0 Å². The maximum absolute atomic E-state index is 12.7. The molecular formula is C23H25N3O3. The Morgan fingerprint density at radius 3 is 2.55 bits per heavy atom. The molecule has 0 atom stereocenters. The molecule has 29 heavy (non-hydrogen) atoms. The first kappa shape index (κ1) is 20.3. The van der Waals surface area contributed by atoms with Gasteiger partial charge in [0, 0.05) is 13.0 Å². The Hall–Kier alpha value is -3.41. The van der Waals surface area contributed by atoms with Crippen molar-refractivity contribution in [2.45, 2.75) is 39.3 Å². The van der Waals surface area contributed by atoms with E-state index in [1.165, 1.54) is 4.68 Å². The van der Waals surface area contributed by atoms with Crippen molar-refractivity contribution in [2.24, 2.45) is 0 Å². The predicted molar refractivity (Wildman–Crippen MR) is 113 cm³/mol. The molecule has 1 heterocycles. The van der Waals surface area contributed by atoms with Crippen molar-refractivity contribution in [3.8, 4) is 11.1 Å². The van der Waals surface area contributed by atoms with E-state index in [4.69, 9.17) is 0 Å². The minimum absolute atomic E-state index is 0.105. The van der Waals surface area contributed by atoms with Gasteiger partial charge in [-0.05, 0) is 35.6 Å². The molecule has 3 rings (SSSR count). The van der Waals surface area contributed by atoms with Crippen molar-refractivity contribution >= 4 is 5.97 Å². The zero-order chi connectivity index (χ0) is 20.8. The van der Waals surface area contributed by atoms with Crippen LogP contribution in [0.3, 0.4) is 0 Å². The van der Waals surface area contributed by atoms with Crippen LogP contribution in [-0.2, 0) is 19.5 Å². The fourth-order valence-corrected chi connectivity index (χ4v) is 3.31. The number of carbonyl (C=O) groups is 1. The van der Waals surface area contributed by atoms with Crippen molar-refractivity contribution < 1.29 is 9.90 Å². The van der Waals surface area contributed by atoms with E-state index in [2.05, 4.69) is 11.7 Å². The number of benzene rings is 2. The van der Waals surface area contributed by atoms with Gasteiger partial charge in [0.05, 0.1) is 12.1 Å². The number of allylic oxidation sites excluding steroid dienone is 1. The van der Waals surface area contributed by atoms with E-state index in [0.29, 0.717) is 25.1 Å². The molecule has 1 aromatic heterocycles. The molecule has 0 aliphatic rings. The van der Waals surface area contributed by atoms with E-state index in [0.717, 1.165) is 29.8 Å². The SMILES string of the molecule is C=CCCc1nn(CCC)c(=O)n1Cc1ccc(-c2ccccc2C(=O)O)cc1. The highest BCUT2D eigenvalue weighted by Crippen LogP contribution is 2.24. The fraction of sp³-hybridized carbons (Fsp3) is 0.261. The van der Waals surface area contributed by atoms with Crippen LogP contribution in [0.5, 0.6) is 0 Å². The highest BCUT2D eigenvalue weighted by atomic mass is 16.4. The topological polar surface area (TPSA) is 77.1 Å². The van der Waals surface area contributed by atoms with Gasteiger partial charge in [0.1, 0.15) is 5.82 Å². The number of hydrogen-bond acceptors (Lipinski definition) is 3. The summed E-state index contributed by atoms with van der Waals surface area (Å²) in [6.07, 6.45) is 4.09. The molecule has 1 N–H and O–H groups in total. The van der Waals surface area contributed by atoms with Crippen LogP contribution in [0.15, 0.2) is 66.0 Å². The number of nitrogens with zero attached hydrogens (tertiary/aromatic N) is 3. The van der Waals surface area contributed by atoms with Crippen LogP contribution in [0.1, 0.15) is 41.5 Å². The van der Waals surface area contributed by atoms with Gasteiger partial charge in [-0.2, -0.15) is 5.10 Å². The van der Waals surface area contributed by atoms with Crippen molar-refractivity contribution in [1.82, 2.24) is 14.3 Å². The standard InChI is InChI=1S/C23H25N3O3/c1-3-5-10-21-24-26(15-4-2)23(29)25(21)16-17-11-13-18(14-12-17)19-8-6-7-9-20(19)22(27)28/h3,6-9,11-14H,1,4-5,10,15-16H2,2H3,(H,27,28). The van der Waals surface area contributed by atoms with Gasteiger partial charge in [0.2, 0.25) is 0 Å². The quantitative estimate of drug-likeness (QED) is 0.560. The minimum atomic E-state index is -0.952. The van der Waals surface area contributed by atoms with Crippen LogP contribution < -0.4 is 5.69 Å². The average molecular weight is 391 g/mol. The molecule has 150 valence electrons. The summed E-state index contributed by atoms with van der Waals surface area (Å²) >= 11 is 0. The Balaban J connectivity index is 1.90. The molecule has 6 heteroatoms. The number of carboxylic acid groups (broad SMARTS) is 1. The zero-order valence-corrected chi connectivity index (χ0v) is 16.5. The number of aromatic carboxylic acids is 1. The number of aryl methyl sites for hydroxylation is 2. The van der Waals surface area contributed by atoms with E-state index in [9.17, 15) is 14.7 Å². The molecule has 6 nitrogen and oxygen atoms in total. The summed E-state index contributed by atoms with van der Waals surface area (Å²) in [7, 11) is 0. The normalized spacial score (nSPS) is 10.8. The molecule has 0 saturated carbocycles.